The van der Waals surface area contributed by atoms with Crippen LogP contribution >= 0.6 is 0 Å². The first-order valence-corrected chi connectivity index (χ1v) is 4.07. The highest BCUT2D eigenvalue weighted by molar-refractivity contribution is 7.84. The molecule has 1 rings (SSSR count). The fourth-order valence-electron chi connectivity index (χ4n) is 0.548. The molecule has 1 N–H and O–H groups in total. The molecule has 54 valence electrons. The van der Waals surface area contributed by atoms with E-state index in [2.05, 4.69) is 4.98 Å². The van der Waals surface area contributed by atoms with E-state index in [0.717, 1.165) is 0 Å². The van der Waals surface area contributed by atoms with E-state index in [1.165, 1.54) is 0 Å². The van der Waals surface area contributed by atoms with Crippen molar-refractivity contribution in [3.05, 3.63) is 24.4 Å². The summed E-state index contributed by atoms with van der Waals surface area (Å²) in [6.07, 6.45) is 1.54. The Kier molecular flexibility index (Phi) is 2.53. The number of aromatic nitrogens is 1. The van der Waals surface area contributed by atoms with Gasteiger partial charge in [-0.05, 0) is 12.1 Å². The van der Waals surface area contributed by atoms with Crippen LogP contribution in [0.25, 0.3) is 0 Å². The summed E-state index contributed by atoms with van der Waals surface area (Å²) in [5, 5.41) is 8.87. The minimum atomic E-state index is -1.35. The van der Waals surface area contributed by atoms with Gasteiger partial charge in [0.15, 0.2) is 0 Å². The van der Waals surface area contributed by atoms with E-state index in [9.17, 15) is 4.21 Å². The summed E-state index contributed by atoms with van der Waals surface area (Å²) in [4.78, 5) is 3.79. The summed E-state index contributed by atoms with van der Waals surface area (Å²) in [5.74, 6) is -0.364. The fraction of sp³-hybridized carbons (Fsp3) is 0.167. The van der Waals surface area contributed by atoms with E-state index >= 15 is 0 Å². The Hall–Kier alpha value is -0.740. The van der Waals surface area contributed by atoms with Gasteiger partial charge in [-0.3, -0.25) is 4.21 Å². The maximum absolute atomic E-state index is 10.8. The van der Waals surface area contributed by atoms with Crippen LogP contribution in [0.4, 0.5) is 0 Å². The second-order valence-corrected chi connectivity index (χ2v) is 3.01. The SMILES string of the molecule is O=S(CO)c1ccccn1. The number of aliphatic hydroxyl groups is 1. The molecule has 0 aliphatic carbocycles. The summed E-state index contributed by atoms with van der Waals surface area (Å²) >= 11 is 0. The zero-order valence-corrected chi connectivity index (χ0v) is 6.04. The number of hydrogen-bond acceptors (Lipinski definition) is 3. The molecule has 1 unspecified atom stereocenters. The molecule has 0 bridgehead atoms. The highest BCUT2D eigenvalue weighted by Gasteiger charge is 1.99. The number of nitrogens with zero attached hydrogens (tertiary/aromatic N) is 1. The molecule has 4 heteroatoms. The quantitative estimate of drug-likeness (QED) is 0.664. The summed E-state index contributed by atoms with van der Waals surface area (Å²) in [6, 6.07) is 5.08. The van der Waals surface area contributed by atoms with E-state index in [1.54, 1.807) is 24.4 Å². The smallest absolute Gasteiger partial charge is 0.129 e. The van der Waals surface area contributed by atoms with Crippen molar-refractivity contribution in [3.63, 3.8) is 0 Å². The average Bonchev–Trinajstić information content (AvgIpc) is 2.05. The molecule has 3 nitrogen and oxygen atoms in total. The van der Waals surface area contributed by atoms with Crippen molar-refractivity contribution in [2.45, 2.75) is 5.03 Å². The van der Waals surface area contributed by atoms with Crippen LogP contribution in [-0.2, 0) is 10.8 Å². The van der Waals surface area contributed by atoms with Gasteiger partial charge in [-0.25, -0.2) is 4.98 Å². The van der Waals surface area contributed by atoms with Gasteiger partial charge < -0.3 is 5.11 Å². The van der Waals surface area contributed by atoms with Gasteiger partial charge in [-0.15, -0.1) is 0 Å². The van der Waals surface area contributed by atoms with Gasteiger partial charge in [0.05, 0.1) is 10.8 Å². The lowest BCUT2D eigenvalue weighted by Crippen LogP contribution is -1.97. The topological polar surface area (TPSA) is 50.2 Å². The Morgan fingerprint density at radius 3 is 2.90 bits per heavy atom. The molecule has 10 heavy (non-hydrogen) atoms. The predicted molar refractivity (Wildman–Crippen MR) is 37.7 cm³/mol. The van der Waals surface area contributed by atoms with Crippen molar-refractivity contribution in [2.24, 2.45) is 0 Å². The second-order valence-electron chi connectivity index (χ2n) is 1.64. The third kappa shape index (κ3) is 1.62. The van der Waals surface area contributed by atoms with E-state index in [4.69, 9.17) is 5.11 Å². The highest BCUT2D eigenvalue weighted by Crippen LogP contribution is 1.98. The van der Waals surface area contributed by atoms with Gasteiger partial charge in [0.25, 0.3) is 0 Å². The van der Waals surface area contributed by atoms with Gasteiger partial charge in [0, 0.05) is 6.20 Å². The predicted octanol–water partition coefficient (Wildman–Crippen LogP) is 0.139. The van der Waals surface area contributed by atoms with Crippen LogP contribution in [-0.4, -0.2) is 20.2 Å². The Morgan fingerprint density at radius 2 is 2.40 bits per heavy atom. The maximum atomic E-state index is 10.8. The summed E-state index contributed by atoms with van der Waals surface area (Å²) < 4.78 is 10.8. The van der Waals surface area contributed by atoms with Crippen LogP contribution in [0.15, 0.2) is 29.4 Å². The van der Waals surface area contributed by atoms with Crippen LogP contribution in [0, 0.1) is 0 Å². The zero-order valence-electron chi connectivity index (χ0n) is 5.23. The molecule has 0 aromatic carbocycles. The van der Waals surface area contributed by atoms with Gasteiger partial charge >= 0.3 is 0 Å². The van der Waals surface area contributed by atoms with Crippen LogP contribution in [0.1, 0.15) is 0 Å². The van der Waals surface area contributed by atoms with Crippen LogP contribution in [0.5, 0.6) is 0 Å². The fourth-order valence-corrected chi connectivity index (χ4v) is 1.09. The number of rotatable bonds is 2. The van der Waals surface area contributed by atoms with E-state index in [1.807, 2.05) is 0 Å². The van der Waals surface area contributed by atoms with E-state index in [0.29, 0.717) is 5.03 Å². The minimum absolute atomic E-state index is 0.364. The Bertz CT molecular complexity index is 224. The largest absolute Gasteiger partial charge is 0.383 e. The monoisotopic (exact) mass is 157 g/mol. The van der Waals surface area contributed by atoms with Gasteiger partial charge in [-0.1, -0.05) is 6.07 Å². The van der Waals surface area contributed by atoms with E-state index < -0.39 is 10.8 Å². The molecule has 0 spiro atoms. The van der Waals surface area contributed by atoms with Crippen LogP contribution in [0.3, 0.4) is 0 Å². The Labute approximate surface area is 61.2 Å². The third-order valence-electron chi connectivity index (χ3n) is 0.988. The molecular weight excluding hydrogens is 150 g/mol. The number of hydrogen-bond donors (Lipinski definition) is 1. The Balaban J connectivity index is 2.85. The molecule has 1 atom stereocenters. The molecule has 0 aliphatic heterocycles. The number of aliphatic hydroxyl groups excluding tert-OH is 1. The lowest BCUT2D eigenvalue weighted by atomic mass is 10.5. The molecule has 1 aromatic heterocycles. The van der Waals surface area contributed by atoms with Crippen LogP contribution in [0.2, 0.25) is 0 Å². The maximum Gasteiger partial charge on any atom is 0.129 e. The average molecular weight is 157 g/mol. The molecule has 0 amide bonds. The molecule has 0 radical (unpaired) electrons. The standard InChI is InChI=1S/C6H7NO2S/c8-5-10(9)6-3-1-2-4-7-6/h1-4,8H,5H2. The summed E-state index contributed by atoms with van der Waals surface area (Å²) in [5.41, 5.74) is 0. The highest BCUT2D eigenvalue weighted by atomic mass is 32.2. The first kappa shape index (κ1) is 7.37. The molecule has 0 fully saturated rings. The lowest BCUT2D eigenvalue weighted by molar-refractivity contribution is 0.368. The zero-order chi connectivity index (χ0) is 7.40. The van der Waals surface area contributed by atoms with Crippen molar-refractivity contribution < 1.29 is 9.32 Å². The molecule has 0 saturated heterocycles. The molecule has 0 aliphatic rings. The van der Waals surface area contributed by atoms with Crippen LogP contribution < -0.4 is 0 Å². The van der Waals surface area contributed by atoms with Crippen molar-refractivity contribution >= 4 is 10.8 Å². The summed E-state index contributed by atoms with van der Waals surface area (Å²) in [6.45, 7) is 0. The number of pyridine rings is 1. The third-order valence-corrected chi connectivity index (χ3v) is 1.93. The molecular formula is C6H7NO2S. The first-order chi connectivity index (χ1) is 4.84. The second kappa shape index (κ2) is 3.43. The summed E-state index contributed by atoms with van der Waals surface area (Å²) in [7, 11) is -1.35. The lowest BCUT2D eigenvalue weighted by Gasteiger charge is -1.93. The normalized spacial score (nSPS) is 12.9. The van der Waals surface area contributed by atoms with Gasteiger partial charge in [0.2, 0.25) is 0 Å². The van der Waals surface area contributed by atoms with Gasteiger partial charge in [0.1, 0.15) is 11.0 Å². The van der Waals surface area contributed by atoms with Crippen molar-refractivity contribution in [1.82, 2.24) is 4.98 Å². The Morgan fingerprint density at radius 1 is 1.60 bits per heavy atom. The van der Waals surface area contributed by atoms with Crippen molar-refractivity contribution in [1.29, 1.82) is 0 Å². The molecule has 1 heterocycles. The van der Waals surface area contributed by atoms with Gasteiger partial charge in [-0.2, -0.15) is 0 Å². The van der Waals surface area contributed by atoms with E-state index in [-0.39, 0.29) is 5.94 Å². The minimum Gasteiger partial charge on any atom is -0.383 e. The van der Waals surface area contributed by atoms with Crippen molar-refractivity contribution in [2.75, 3.05) is 5.94 Å². The molecule has 0 saturated carbocycles. The first-order valence-electron chi connectivity index (χ1n) is 2.75. The molecule has 1 aromatic rings. The van der Waals surface area contributed by atoms with Crippen molar-refractivity contribution in [3.8, 4) is 0 Å².